The lowest BCUT2D eigenvalue weighted by Gasteiger charge is -2.30. The molecule has 168 valence electrons. The van der Waals surface area contributed by atoms with Crippen LogP contribution in [0.2, 0.25) is 0 Å². The van der Waals surface area contributed by atoms with Gasteiger partial charge in [-0.3, -0.25) is 14.4 Å². The van der Waals surface area contributed by atoms with Gasteiger partial charge in [-0.2, -0.15) is 0 Å². The van der Waals surface area contributed by atoms with E-state index in [4.69, 9.17) is 0 Å². The molecule has 1 aliphatic heterocycles. The topological polar surface area (TPSA) is 92.3 Å². The summed E-state index contributed by atoms with van der Waals surface area (Å²) in [5, 5.41) is 12.2. The Balaban J connectivity index is 1.52. The van der Waals surface area contributed by atoms with E-state index in [1.54, 1.807) is 12.1 Å². The van der Waals surface area contributed by atoms with Gasteiger partial charge in [-0.05, 0) is 49.1 Å². The first-order valence-electron chi connectivity index (χ1n) is 10.8. The maximum absolute atomic E-state index is 13.4. The maximum atomic E-state index is 13.4. The average Bonchev–Trinajstić information content (AvgIpc) is 3.26. The molecule has 0 aliphatic carbocycles. The fourth-order valence-corrected chi connectivity index (χ4v) is 6.14. The molecule has 1 amide bonds. The Labute approximate surface area is 192 Å². The zero-order chi connectivity index (χ0) is 22.6. The molecule has 7 nitrogen and oxygen atoms in total. The number of carbonyl (C=O) groups excluding carboxylic acids is 1. The van der Waals surface area contributed by atoms with Crippen LogP contribution in [0.4, 0.5) is 10.8 Å². The minimum absolute atomic E-state index is 0.0966. The second-order valence-electron chi connectivity index (χ2n) is 7.75. The van der Waals surface area contributed by atoms with Crippen LogP contribution in [-0.4, -0.2) is 31.1 Å². The van der Waals surface area contributed by atoms with Crippen LogP contribution in [0, 0.1) is 0 Å². The van der Waals surface area contributed by atoms with Crippen molar-refractivity contribution in [1.82, 2.24) is 10.2 Å². The van der Waals surface area contributed by atoms with Crippen molar-refractivity contribution in [3.8, 4) is 0 Å². The molecule has 1 aliphatic rings. The van der Waals surface area contributed by atoms with Gasteiger partial charge < -0.3 is 0 Å². The number of para-hydroxylation sites is 1. The van der Waals surface area contributed by atoms with Gasteiger partial charge in [-0.1, -0.05) is 55.4 Å². The van der Waals surface area contributed by atoms with E-state index in [9.17, 15) is 13.2 Å². The third-order valence-electron chi connectivity index (χ3n) is 5.43. The summed E-state index contributed by atoms with van der Waals surface area (Å²) in [6.45, 7) is 2.56. The van der Waals surface area contributed by atoms with Gasteiger partial charge in [0.1, 0.15) is 5.01 Å². The predicted octanol–water partition coefficient (Wildman–Crippen LogP) is 4.66. The molecule has 0 radical (unpaired) electrons. The molecule has 0 atom stereocenters. The van der Waals surface area contributed by atoms with Gasteiger partial charge in [-0.15, -0.1) is 10.2 Å². The van der Waals surface area contributed by atoms with Crippen molar-refractivity contribution in [1.29, 1.82) is 0 Å². The molecule has 3 aromatic rings. The normalized spacial score (nSPS) is 13.6. The summed E-state index contributed by atoms with van der Waals surface area (Å²) in [5.41, 5.74) is 1.99. The summed E-state index contributed by atoms with van der Waals surface area (Å²) in [6.07, 6.45) is 5.75. The van der Waals surface area contributed by atoms with E-state index in [0.29, 0.717) is 17.4 Å². The summed E-state index contributed by atoms with van der Waals surface area (Å²) in [5.74, 6) is -0.405. The summed E-state index contributed by atoms with van der Waals surface area (Å²) < 4.78 is 28.2. The SMILES string of the molecule is CCCCCc1nnc(NC(=O)c2cccc(S(=O)(=O)N3CCCc4ccccc43)c2)s1. The quantitative estimate of drug-likeness (QED) is 0.483. The van der Waals surface area contributed by atoms with Crippen molar-refractivity contribution in [3.63, 3.8) is 0 Å². The number of amides is 1. The number of rotatable bonds is 8. The highest BCUT2D eigenvalue weighted by Gasteiger charge is 2.29. The number of carbonyl (C=O) groups is 1. The van der Waals surface area contributed by atoms with Gasteiger partial charge in [0.25, 0.3) is 15.9 Å². The number of anilines is 2. The van der Waals surface area contributed by atoms with E-state index >= 15 is 0 Å². The van der Waals surface area contributed by atoms with Crippen molar-refractivity contribution >= 4 is 38.1 Å². The molecule has 0 spiro atoms. The number of hydrogen-bond donors (Lipinski definition) is 1. The predicted molar refractivity (Wildman–Crippen MR) is 127 cm³/mol. The van der Waals surface area contributed by atoms with Crippen LogP contribution in [0.3, 0.4) is 0 Å². The second-order valence-corrected chi connectivity index (χ2v) is 10.7. The van der Waals surface area contributed by atoms with Gasteiger partial charge in [0, 0.05) is 18.5 Å². The first-order valence-corrected chi connectivity index (χ1v) is 13.1. The average molecular weight is 471 g/mol. The van der Waals surface area contributed by atoms with Gasteiger partial charge in [0.05, 0.1) is 10.6 Å². The fourth-order valence-electron chi connectivity index (χ4n) is 3.77. The highest BCUT2D eigenvalue weighted by Crippen LogP contribution is 2.32. The number of hydrogen-bond acceptors (Lipinski definition) is 6. The van der Waals surface area contributed by atoms with E-state index in [2.05, 4.69) is 22.4 Å². The van der Waals surface area contributed by atoms with E-state index in [-0.39, 0.29) is 10.5 Å². The standard InChI is InChI=1S/C23H26N4O3S2/c1-2-3-4-14-21-25-26-23(31-21)24-22(28)18-10-7-12-19(16-18)32(29,30)27-15-8-11-17-9-5-6-13-20(17)27/h5-7,9-10,12-13,16H,2-4,8,11,14-15H2,1H3,(H,24,26,28). The lowest BCUT2D eigenvalue weighted by Crippen LogP contribution is -2.35. The lowest BCUT2D eigenvalue weighted by molar-refractivity contribution is 0.102. The molecule has 0 saturated heterocycles. The molecule has 0 fully saturated rings. The zero-order valence-corrected chi connectivity index (χ0v) is 19.6. The number of aromatic nitrogens is 2. The van der Waals surface area contributed by atoms with Crippen LogP contribution >= 0.6 is 11.3 Å². The number of nitrogens with one attached hydrogen (secondary N) is 1. The number of aryl methyl sites for hydroxylation is 2. The molecule has 32 heavy (non-hydrogen) atoms. The third kappa shape index (κ3) is 4.83. The Morgan fingerprint density at radius 1 is 1.12 bits per heavy atom. The van der Waals surface area contributed by atoms with Crippen LogP contribution in [0.15, 0.2) is 53.4 Å². The number of fused-ring (bicyclic) bond motifs is 1. The summed E-state index contributed by atoms with van der Waals surface area (Å²) in [4.78, 5) is 12.9. The van der Waals surface area contributed by atoms with Crippen molar-refractivity contribution in [3.05, 3.63) is 64.7 Å². The molecule has 0 bridgehead atoms. The van der Waals surface area contributed by atoms with E-state index in [1.807, 2.05) is 24.3 Å². The Hall–Kier alpha value is -2.78. The van der Waals surface area contributed by atoms with E-state index in [0.717, 1.165) is 49.1 Å². The molecule has 1 aromatic heterocycles. The second kappa shape index (κ2) is 9.79. The first-order chi connectivity index (χ1) is 15.5. The maximum Gasteiger partial charge on any atom is 0.264 e. The zero-order valence-electron chi connectivity index (χ0n) is 18.0. The smallest absolute Gasteiger partial charge is 0.264 e. The number of sulfonamides is 1. The monoisotopic (exact) mass is 470 g/mol. The minimum Gasteiger partial charge on any atom is -0.296 e. The van der Waals surface area contributed by atoms with Crippen molar-refractivity contribution in [2.75, 3.05) is 16.2 Å². The summed E-state index contributed by atoms with van der Waals surface area (Å²) >= 11 is 1.35. The largest absolute Gasteiger partial charge is 0.296 e. The highest BCUT2D eigenvalue weighted by atomic mass is 32.2. The minimum atomic E-state index is -3.79. The van der Waals surface area contributed by atoms with Crippen LogP contribution < -0.4 is 9.62 Å². The summed E-state index contributed by atoms with van der Waals surface area (Å²) in [6, 6.07) is 13.7. The van der Waals surface area contributed by atoms with Crippen LogP contribution in [-0.2, 0) is 22.9 Å². The van der Waals surface area contributed by atoms with Crippen molar-refractivity contribution in [2.45, 2.75) is 50.3 Å². The molecular weight excluding hydrogens is 444 g/mol. The first kappa shape index (κ1) is 22.4. The van der Waals surface area contributed by atoms with Crippen LogP contribution in [0.5, 0.6) is 0 Å². The van der Waals surface area contributed by atoms with E-state index < -0.39 is 15.9 Å². The highest BCUT2D eigenvalue weighted by molar-refractivity contribution is 7.92. The van der Waals surface area contributed by atoms with Gasteiger partial charge in [0.2, 0.25) is 5.13 Å². The summed E-state index contributed by atoms with van der Waals surface area (Å²) in [7, 11) is -3.79. The molecule has 1 N–H and O–H groups in total. The van der Waals surface area contributed by atoms with E-state index in [1.165, 1.54) is 27.8 Å². The Bertz CT molecular complexity index is 1210. The lowest BCUT2D eigenvalue weighted by atomic mass is 10.0. The molecule has 9 heteroatoms. The number of benzene rings is 2. The third-order valence-corrected chi connectivity index (χ3v) is 8.14. The van der Waals surface area contributed by atoms with Gasteiger partial charge >= 0.3 is 0 Å². The molecule has 0 unspecified atom stereocenters. The van der Waals surface area contributed by atoms with Gasteiger partial charge in [-0.25, -0.2) is 8.42 Å². The number of nitrogens with zero attached hydrogens (tertiary/aromatic N) is 3. The van der Waals surface area contributed by atoms with Gasteiger partial charge in [0.15, 0.2) is 0 Å². The van der Waals surface area contributed by atoms with Crippen molar-refractivity contribution in [2.24, 2.45) is 0 Å². The molecule has 2 heterocycles. The number of unbranched alkanes of at least 4 members (excludes halogenated alkanes) is 2. The van der Waals surface area contributed by atoms with Crippen LogP contribution in [0.25, 0.3) is 0 Å². The van der Waals surface area contributed by atoms with Crippen molar-refractivity contribution < 1.29 is 13.2 Å². The Morgan fingerprint density at radius 3 is 2.81 bits per heavy atom. The fraction of sp³-hybridized carbons (Fsp3) is 0.348. The Morgan fingerprint density at radius 2 is 1.97 bits per heavy atom. The molecular formula is C23H26N4O3S2. The molecule has 0 saturated carbocycles. The van der Waals surface area contributed by atoms with Crippen LogP contribution in [0.1, 0.15) is 53.5 Å². The molecule has 2 aromatic carbocycles. The Kier molecular flexibility index (Phi) is 6.86. The molecule has 4 rings (SSSR count).